The van der Waals surface area contributed by atoms with Gasteiger partial charge in [0.05, 0.1) is 11.3 Å². The smallest absolute Gasteiger partial charge is 0.338 e. The molecule has 0 spiro atoms. The summed E-state index contributed by atoms with van der Waals surface area (Å²) in [4.78, 5) is 30.8. The highest BCUT2D eigenvalue weighted by atomic mass is 32.2. The van der Waals surface area contributed by atoms with E-state index in [9.17, 15) is 14.0 Å². The molecule has 0 aliphatic carbocycles. The fraction of sp³-hybridized carbons (Fsp3) is 0.208. The Morgan fingerprint density at radius 3 is 2.69 bits per heavy atom. The number of hydrogen-bond donors (Lipinski definition) is 0. The molecule has 164 valence electrons. The molecule has 0 bridgehead atoms. The number of nitrogens with zero attached hydrogens (tertiary/aromatic N) is 2. The van der Waals surface area contributed by atoms with Crippen LogP contribution in [0.25, 0.3) is 0 Å². The number of anilines is 1. The molecule has 3 aromatic rings. The van der Waals surface area contributed by atoms with Crippen LogP contribution in [0, 0.1) is 12.7 Å². The average Bonchev–Trinajstić information content (AvgIpc) is 3.18. The quantitative estimate of drug-likeness (QED) is 0.387. The molecule has 6 nitrogen and oxygen atoms in total. The third kappa shape index (κ3) is 4.91. The maximum absolute atomic E-state index is 13.3. The fourth-order valence-corrected chi connectivity index (χ4v) is 4.58. The molecule has 1 atom stereocenters. The van der Waals surface area contributed by atoms with Gasteiger partial charge in [0, 0.05) is 18.0 Å². The molecule has 1 fully saturated rings. The Morgan fingerprint density at radius 2 is 1.97 bits per heavy atom. The summed E-state index contributed by atoms with van der Waals surface area (Å²) in [6, 6.07) is 16.6. The van der Waals surface area contributed by atoms with E-state index in [-0.39, 0.29) is 30.3 Å². The van der Waals surface area contributed by atoms with Gasteiger partial charge in [-0.3, -0.25) is 9.69 Å². The maximum Gasteiger partial charge on any atom is 0.338 e. The molecule has 4 rings (SSSR count). The van der Waals surface area contributed by atoms with Crippen molar-refractivity contribution in [1.29, 1.82) is 0 Å². The number of aromatic nitrogens is 1. The minimum atomic E-state index is -0.471. The van der Waals surface area contributed by atoms with E-state index >= 15 is 0 Å². The fourth-order valence-electron chi connectivity index (χ4n) is 3.41. The molecule has 1 amide bonds. The number of aryl methyl sites for hydroxylation is 1. The Morgan fingerprint density at radius 1 is 1.16 bits per heavy atom. The molecule has 0 N–H and O–H groups in total. The van der Waals surface area contributed by atoms with Gasteiger partial charge in [0.15, 0.2) is 0 Å². The first-order valence-electron chi connectivity index (χ1n) is 10.0. The number of pyridine rings is 1. The zero-order chi connectivity index (χ0) is 22.5. The minimum absolute atomic E-state index is 0.0329. The number of benzene rings is 2. The van der Waals surface area contributed by atoms with Gasteiger partial charge in [-0.15, -0.1) is 11.8 Å². The van der Waals surface area contributed by atoms with Gasteiger partial charge in [0.25, 0.3) is 0 Å². The Hall–Kier alpha value is -3.39. The average molecular weight is 453 g/mol. The topological polar surface area (TPSA) is 68.7 Å². The molecule has 1 unspecified atom stereocenters. The van der Waals surface area contributed by atoms with Crippen molar-refractivity contribution in [2.45, 2.75) is 12.3 Å². The number of ether oxygens (including phenoxy) is 2. The molecule has 32 heavy (non-hydrogen) atoms. The van der Waals surface area contributed by atoms with E-state index in [4.69, 9.17) is 9.47 Å². The standard InChI is InChI=1S/C24H21FN2O4S/c1-16-14-18(24(29)31-13-12-30-21-4-2-3-11-26-21)7-10-20(16)27-22(28)15-32-23(27)17-5-8-19(25)9-6-17/h2-11,14,23H,12-13,15H2,1H3. The van der Waals surface area contributed by atoms with Gasteiger partial charge < -0.3 is 9.47 Å². The lowest BCUT2D eigenvalue weighted by molar-refractivity contribution is -0.115. The van der Waals surface area contributed by atoms with Crippen LogP contribution in [0.2, 0.25) is 0 Å². The van der Waals surface area contributed by atoms with Gasteiger partial charge >= 0.3 is 5.97 Å². The van der Waals surface area contributed by atoms with Crippen LogP contribution in [-0.2, 0) is 9.53 Å². The van der Waals surface area contributed by atoms with Crippen molar-refractivity contribution >= 4 is 29.3 Å². The highest BCUT2D eigenvalue weighted by Crippen LogP contribution is 2.42. The van der Waals surface area contributed by atoms with Crippen molar-refractivity contribution < 1.29 is 23.5 Å². The van der Waals surface area contributed by atoms with Gasteiger partial charge in [-0.25, -0.2) is 14.2 Å². The van der Waals surface area contributed by atoms with E-state index in [0.29, 0.717) is 22.9 Å². The van der Waals surface area contributed by atoms with Crippen LogP contribution in [-0.4, -0.2) is 35.8 Å². The summed E-state index contributed by atoms with van der Waals surface area (Å²) < 4.78 is 24.0. The third-order valence-electron chi connectivity index (χ3n) is 4.92. The van der Waals surface area contributed by atoms with E-state index in [1.54, 1.807) is 53.6 Å². The molecule has 1 saturated heterocycles. The summed E-state index contributed by atoms with van der Waals surface area (Å²) >= 11 is 1.49. The van der Waals surface area contributed by atoms with Crippen molar-refractivity contribution in [3.8, 4) is 5.88 Å². The van der Waals surface area contributed by atoms with Crippen LogP contribution in [0.1, 0.15) is 26.9 Å². The molecule has 0 saturated carbocycles. The first-order chi connectivity index (χ1) is 15.5. The van der Waals surface area contributed by atoms with Crippen LogP contribution < -0.4 is 9.64 Å². The van der Waals surface area contributed by atoms with E-state index in [0.717, 1.165) is 11.1 Å². The Balaban J connectivity index is 1.42. The summed E-state index contributed by atoms with van der Waals surface area (Å²) in [6.45, 7) is 2.12. The lowest BCUT2D eigenvalue weighted by Gasteiger charge is -2.26. The molecule has 2 aromatic carbocycles. The number of esters is 1. The van der Waals surface area contributed by atoms with Gasteiger partial charge in [-0.1, -0.05) is 18.2 Å². The van der Waals surface area contributed by atoms with Crippen molar-refractivity contribution in [3.05, 3.63) is 89.4 Å². The lowest BCUT2D eigenvalue weighted by atomic mass is 10.1. The second-order valence-corrected chi connectivity index (χ2v) is 8.20. The first-order valence-corrected chi connectivity index (χ1v) is 11.1. The highest BCUT2D eigenvalue weighted by molar-refractivity contribution is 8.00. The van der Waals surface area contributed by atoms with Crippen LogP contribution in [0.4, 0.5) is 10.1 Å². The summed E-state index contributed by atoms with van der Waals surface area (Å²) in [5.74, 6) is -0.0238. The van der Waals surface area contributed by atoms with Gasteiger partial charge in [-0.05, 0) is 54.4 Å². The second-order valence-electron chi connectivity index (χ2n) is 7.13. The van der Waals surface area contributed by atoms with Crippen molar-refractivity contribution in [2.75, 3.05) is 23.9 Å². The summed E-state index contributed by atoms with van der Waals surface area (Å²) in [7, 11) is 0. The van der Waals surface area contributed by atoms with Crippen LogP contribution in [0.5, 0.6) is 5.88 Å². The van der Waals surface area contributed by atoms with Gasteiger partial charge in [-0.2, -0.15) is 0 Å². The summed E-state index contributed by atoms with van der Waals surface area (Å²) in [5, 5.41) is -0.247. The predicted octanol–water partition coefficient (Wildman–Crippen LogP) is 4.54. The minimum Gasteiger partial charge on any atom is -0.474 e. The highest BCUT2D eigenvalue weighted by Gasteiger charge is 2.35. The second kappa shape index (κ2) is 9.82. The van der Waals surface area contributed by atoms with Crippen LogP contribution in [0.15, 0.2) is 66.9 Å². The molecular formula is C24H21FN2O4S. The Bertz CT molecular complexity index is 1110. The zero-order valence-electron chi connectivity index (χ0n) is 17.4. The molecule has 1 aromatic heterocycles. The predicted molar refractivity (Wildman–Crippen MR) is 120 cm³/mol. The molecular weight excluding hydrogens is 431 g/mol. The van der Waals surface area contributed by atoms with E-state index in [2.05, 4.69) is 4.98 Å². The Kier molecular flexibility index (Phi) is 6.70. The number of amides is 1. The number of carbonyl (C=O) groups is 2. The van der Waals surface area contributed by atoms with Crippen molar-refractivity contribution in [2.24, 2.45) is 0 Å². The molecule has 8 heteroatoms. The molecule has 2 heterocycles. The van der Waals surface area contributed by atoms with Crippen molar-refractivity contribution in [3.63, 3.8) is 0 Å². The van der Waals surface area contributed by atoms with Crippen LogP contribution >= 0.6 is 11.8 Å². The summed E-state index contributed by atoms with van der Waals surface area (Å²) in [6.07, 6.45) is 1.62. The van der Waals surface area contributed by atoms with Gasteiger partial charge in [0.1, 0.15) is 24.4 Å². The SMILES string of the molecule is Cc1cc(C(=O)OCCOc2ccccn2)ccc1N1C(=O)CSC1c1ccc(F)cc1. The Labute approximate surface area is 189 Å². The lowest BCUT2D eigenvalue weighted by Crippen LogP contribution is -2.28. The maximum atomic E-state index is 13.3. The van der Waals surface area contributed by atoms with E-state index in [1.165, 1.54) is 23.9 Å². The van der Waals surface area contributed by atoms with E-state index in [1.807, 2.05) is 13.0 Å². The number of rotatable bonds is 7. The molecule has 1 aliphatic rings. The van der Waals surface area contributed by atoms with E-state index < -0.39 is 5.97 Å². The van der Waals surface area contributed by atoms with Crippen molar-refractivity contribution in [1.82, 2.24) is 4.98 Å². The summed E-state index contributed by atoms with van der Waals surface area (Å²) in [5.41, 5.74) is 2.72. The monoisotopic (exact) mass is 452 g/mol. The number of carbonyl (C=O) groups excluding carboxylic acids is 2. The number of halogens is 1. The third-order valence-corrected chi connectivity index (χ3v) is 6.13. The number of hydrogen-bond acceptors (Lipinski definition) is 6. The largest absolute Gasteiger partial charge is 0.474 e. The molecule has 1 aliphatic heterocycles. The van der Waals surface area contributed by atoms with Crippen LogP contribution in [0.3, 0.4) is 0 Å². The zero-order valence-corrected chi connectivity index (χ0v) is 18.2. The number of thioether (sulfide) groups is 1. The first kappa shape index (κ1) is 21.8. The normalized spacial score (nSPS) is 15.6. The molecule has 0 radical (unpaired) electrons. The van der Waals surface area contributed by atoms with Gasteiger partial charge in [0.2, 0.25) is 11.8 Å².